The zero-order chi connectivity index (χ0) is 17.3. The number of carbonyl (C=O) groups excluding carboxylic acids is 1. The molecule has 2 aliphatic rings. The fourth-order valence-electron chi connectivity index (χ4n) is 3.51. The highest BCUT2D eigenvalue weighted by molar-refractivity contribution is 5.98. The molecule has 2 fully saturated rings. The number of hydrogen-bond acceptors (Lipinski definition) is 5. The molecule has 0 aromatic heterocycles. The van der Waals surface area contributed by atoms with E-state index in [1.165, 1.54) is 6.07 Å². The van der Waals surface area contributed by atoms with Gasteiger partial charge in [-0.25, -0.2) is 4.39 Å². The fraction of sp³-hybridized carbons (Fsp3) is 0.611. The van der Waals surface area contributed by atoms with Crippen molar-refractivity contribution in [2.75, 3.05) is 19.7 Å². The van der Waals surface area contributed by atoms with Crippen LogP contribution in [0.1, 0.15) is 43.5 Å². The first-order chi connectivity index (χ1) is 11.4. The Kier molecular flexibility index (Phi) is 4.90. The summed E-state index contributed by atoms with van der Waals surface area (Å²) < 4.78 is 25.0. The van der Waals surface area contributed by atoms with Crippen LogP contribution in [0, 0.1) is 5.82 Å². The van der Waals surface area contributed by atoms with Crippen LogP contribution in [-0.2, 0) is 9.47 Å². The van der Waals surface area contributed by atoms with Crippen LogP contribution in [0.25, 0.3) is 0 Å². The summed E-state index contributed by atoms with van der Waals surface area (Å²) >= 11 is 0. The lowest BCUT2D eigenvalue weighted by Gasteiger charge is -2.31. The zero-order valence-corrected chi connectivity index (χ0v) is 14.1. The Morgan fingerprint density at radius 2 is 2.12 bits per heavy atom. The largest absolute Gasteiger partial charge is 0.507 e. The highest BCUT2D eigenvalue weighted by Crippen LogP contribution is 2.30. The van der Waals surface area contributed by atoms with E-state index in [0.29, 0.717) is 6.61 Å². The third kappa shape index (κ3) is 3.77. The summed E-state index contributed by atoms with van der Waals surface area (Å²) in [5.41, 5.74) is 0.0253. The van der Waals surface area contributed by atoms with Gasteiger partial charge in [-0.3, -0.25) is 9.69 Å². The summed E-state index contributed by atoms with van der Waals surface area (Å²) in [4.78, 5) is 14.9. The fourth-order valence-corrected chi connectivity index (χ4v) is 3.51. The Morgan fingerprint density at radius 3 is 2.75 bits per heavy atom. The molecule has 1 aromatic rings. The summed E-state index contributed by atoms with van der Waals surface area (Å²) in [6, 6.07) is 3.31. The molecule has 0 aliphatic carbocycles. The maximum absolute atomic E-state index is 13.4. The Morgan fingerprint density at radius 1 is 1.42 bits per heavy atom. The van der Waals surface area contributed by atoms with Gasteiger partial charge in [0.05, 0.1) is 12.2 Å². The number of carbonyl (C=O) groups is 1. The number of rotatable bonds is 5. The van der Waals surface area contributed by atoms with E-state index in [4.69, 9.17) is 9.47 Å². The molecule has 1 unspecified atom stereocenters. The highest BCUT2D eigenvalue weighted by Gasteiger charge is 2.41. The molecule has 5 nitrogen and oxygen atoms in total. The van der Waals surface area contributed by atoms with Gasteiger partial charge in [-0.05, 0) is 58.0 Å². The van der Waals surface area contributed by atoms with Crippen LogP contribution in [0.3, 0.4) is 0 Å². The summed E-state index contributed by atoms with van der Waals surface area (Å²) in [7, 11) is 0. The number of ketones is 1. The van der Waals surface area contributed by atoms with Gasteiger partial charge < -0.3 is 14.6 Å². The standard InChI is InChI=1S/C18H24FNO4/c1-18(2)23-11-17(24-18)14(20-7-3-4-8-20)10-16(22)13-9-12(19)5-6-15(13)21/h5-6,9,14,17,21H,3-4,7-8,10-11H2,1-2H3/t14?,17-/m1/s1. The number of likely N-dealkylation sites (tertiary alicyclic amines) is 1. The predicted octanol–water partition coefficient (Wildman–Crippen LogP) is 2.72. The van der Waals surface area contributed by atoms with E-state index < -0.39 is 11.6 Å². The first-order valence-electron chi connectivity index (χ1n) is 8.43. The number of hydrogen-bond donors (Lipinski definition) is 1. The number of ether oxygens (including phenoxy) is 2. The molecule has 0 saturated carbocycles. The minimum absolute atomic E-state index is 0.0253. The molecule has 2 saturated heterocycles. The number of phenols is 1. The summed E-state index contributed by atoms with van der Waals surface area (Å²) in [6.07, 6.45) is 2.14. The van der Waals surface area contributed by atoms with Crippen LogP contribution < -0.4 is 0 Å². The molecule has 6 heteroatoms. The van der Waals surface area contributed by atoms with Crippen LogP contribution in [0.15, 0.2) is 18.2 Å². The average molecular weight is 337 g/mol. The van der Waals surface area contributed by atoms with Crippen molar-refractivity contribution in [3.8, 4) is 5.75 Å². The second-order valence-corrected chi connectivity index (χ2v) is 6.97. The van der Waals surface area contributed by atoms with Crippen LogP contribution in [-0.4, -0.2) is 53.4 Å². The van der Waals surface area contributed by atoms with E-state index in [0.717, 1.165) is 38.1 Å². The molecule has 0 spiro atoms. The SMILES string of the molecule is CC1(C)OC[C@H](C(CC(=O)c2cc(F)ccc2O)N2CCCC2)O1. The van der Waals surface area contributed by atoms with Crippen LogP contribution >= 0.6 is 0 Å². The monoisotopic (exact) mass is 337 g/mol. The summed E-state index contributed by atoms with van der Waals surface area (Å²) in [5.74, 6) is -1.66. The van der Waals surface area contributed by atoms with Gasteiger partial charge in [0.15, 0.2) is 11.6 Å². The Hall–Kier alpha value is -1.50. The van der Waals surface area contributed by atoms with Crippen LogP contribution in [0.5, 0.6) is 5.75 Å². The quantitative estimate of drug-likeness (QED) is 0.837. The maximum atomic E-state index is 13.4. The van der Waals surface area contributed by atoms with Crippen molar-refractivity contribution >= 4 is 5.78 Å². The maximum Gasteiger partial charge on any atom is 0.168 e. The van der Waals surface area contributed by atoms with Crippen molar-refractivity contribution in [1.29, 1.82) is 0 Å². The molecule has 0 radical (unpaired) electrons. The molecule has 3 rings (SSSR count). The third-order valence-electron chi connectivity index (χ3n) is 4.72. The predicted molar refractivity (Wildman–Crippen MR) is 86.5 cm³/mol. The molecule has 132 valence electrons. The van der Waals surface area contributed by atoms with Gasteiger partial charge >= 0.3 is 0 Å². The second kappa shape index (κ2) is 6.78. The Bertz CT molecular complexity index is 613. The molecule has 24 heavy (non-hydrogen) atoms. The van der Waals surface area contributed by atoms with E-state index in [-0.39, 0.29) is 35.7 Å². The van der Waals surface area contributed by atoms with Gasteiger partial charge in [-0.1, -0.05) is 0 Å². The van der Waals surface area contributed by atoms with Gasteiger partial charge in [0.1, 0.15) is 17.7 Å². The Balaban J connectivity index is 1.78. The smallest absolute Gasteiger partial charge is 0.168 e. The van der Waals surface area contributed by atoms with Crippen molar-refractivity contribution in [3.05, 3.63) is 29.6 Å². The molecule has 0 amide bonds. The molecular weight excluding hydrogens is 313 g/mol. The second-order valence-electron chi connectivity index (χ2n) is 6.97. The normalized spacial score (nSPS) is 25.0. The molecule has 0 bridgehead atoms. The van der Waals surface area contributed by atoms with Gasteiger partial charge in [0.2, 0.25) is 0 Å². The Labute approximate surface area is 141 Å². The van der Waals surface area contributed by atoms with Gasteiger partial charge in [-0.15, -0.1) is 0 Å². The number of phenolic OH excluding ortho intramolecular Hbond substituents is 1. The van der Waals surface area contributed by atoms with Gasteiger partial charge in [-0.2, -0.15) is 0 Å². The summed E-state index contributed by atoms with van der Waals surface area (Å²) in [5, 5.41) is 9.87. The van der Waals surface area contributed by atoms with Crippen molar-refractivity contribution < 1.29 is 23.8 Å². The topological polar surface area (TPSA) is 59.0 Å². The first kappa shape index (κ1) is 17.3. The lowest BCUT2D eigenvalue weighted by atomic mass is 9.98. The third-order valence-corrected chi connectivity index (χ3v) is 4.72. The van der Waals surface area contributed by atoms with Crippen LogP contribution in [0.2, 0.25) is 0 Å². The van der Waals surface area contributed by atoms with Crippen molar-refractivity contribution in [3.63, 3.8) is 0 Å². The lowest BCUT2D eigenvalue weighted by molar-refractivity contribution is -0.145. The highest BCUT2D eigenvalue weighted by atomic mass is 19.1. The lowest BCUT2D eigenvalue weighted by Crippen LogP contribution is -2.45. The molecule has 2 atom stereocenters. The molecule has 1 N–H and O–H groups in total. The van der Waals surface area contributed by atoms with E-state index in [2.05, 4.69) is 4.90 Å². The number of halogens is 1. The number of aromatic hydroxyl groups is 1. The number of nitrogens with zero attached hydrogens (tertiary/aromatic N) is 1. The van der Waals surface area contributed by atoms with E-state index in [1.807, 2.05) is 13.8 Å². The minimum atomic E-state index is -0.660. The molecule has 2 heterocycles. The van der Waals surface area contributed by atoms with E-state index >= 15 is 0 Å². The average Bonchev–Trinajstić information content (AvgIpc) is 3.16. The van der Waals surface area contributed by atoms with Gasteiger partial charge in [0, 0.05) is 12.5 Å². The molecule has 2 aliphatic heterocycles. The first-order valence-corrected chi connectivity index (χ1v) is 8.43. The minimum Gasteiger partial charge on any atom is -0.507 e. The number of benzene rings is 1. The van der Waals surface area contributed by atoms with E-state index in [9.17, 15) is 14.3 Å². The van der Waals surface area contributed by atoms with Crippen LogP contribution in [0.4, 0.5) is 4.39 Å². The summed E-state index contributed by atoms with van der Waals surface area (Å²) in [6.45, 7) is 5.96. The number of Topliss-reactive ketones (excluding diaryl/α,β-unsaturated/α-hetero) is 1. The van der Waals surface area contributed by atoms with E-state index in [1.54, 1.807) is 0 Å². The molecule has 1 aromatic carbocycles. The van der Waals surface area contributed by atoms with Crippen molar-refractivity contribution in [2.24, 2.45) is 0 Å². The van der Waals surface area contributed by atoms with Crippen molar-refractivity contribution in [2.45, 2.75) is 51.0 Å². The zero-order valence-electron chi connectivity index (χ0n) is 14.1. The van der Waals surface area contributed by atoms with Crippen molar-refractivity contribution in [1.82, 2.24) is 4.90 Å². The van der Waals surface area contributed by atoms with Gasteiger partial charge in [0.25, 0.3) is 0 Å². The molecular formula is C18H24FNO4.